The van der Waals surface area contributed by atoms with Crippen molar-refractivity contribution in [2.45, 2.75) is 19.9 Å². The molecule has 0 bridgehead atoms. The minimum absolute atomic E-state index is 0.431. The molecule has 1 aliphatic heterocycles. The van der Waals surface area contributed by atoms with Crippen molar-refractivity contribution in [2.24, 2.45) is 0 Å². The van der Waals surface area contributed by atoms with Crippen LogP contribution in [0.4, 0.5) is 5.69 Å². The van der Waals surface area contributed by atoms with Crippen LogP contribution >= 0.6 is 0 Å². The van der Waals surface area contributed by atoms with Crippen LogP contribution in [0.25, 0.3) is 0 Å². The summed E-state index contributed by atoms with van der Waals surface area (Å²) in [6.07, 6.45) is 0. The van der Waals surface area contributed by atoms with E-state index in [1.54, 1.807) is 0 Å². The maximum absolute atomic E-state index is 12.2. The topological polar surface area (TPSA) is 49.4 Å². The van der Waals surface area contributed by atoms with Gasteiger partial charge in [0.15, 0.2) is 0 Å². The second kappa shape index (κ2) is 5.14. The monoisotopic (exact) mass is 280 g/mol. The number of rotatable bonds is 2. The third-order valence-electron chi connectivity index (χ3n) is 3.64. The third kappa shape index (κ3) is 2.45. The summed E-state index contributed by atoms with van der Waals surface area (Å²) >= 11 is 0. The van der Waals surface area contributed by atoms with E-state index >= 15 is 0 Å². The van der Waals surface area contributed by atoms with Crippen molar-refractivity contribution in [3.8, 4) is 0 Å². The molecule has 1 amide bonds. The number of benzene rings is 2. The molecule has 2 aromatic rings. The van der Waals surface area contributed by atoms with Gasteiger partial charge >= 0.3 is 5.91 Å². The van der Waals surface area contributed by atoms with E-state index in [1.165, 1.54) is 5.01 Å². The Bertz CT molecular complexity index is 628. The Hall–Kier alpha value is -2.46. The molecule has 1 aliphatic rings. The average Bonchev–Trinajstić information content (AvgIpc) is 2.78. The average molecular weight is 280 g/mol. The Morgan fingerprint density at radius 2 is 1.38 bits per heavy atom. The number of hydrogen-bond acceptors (Lipinski definition) is 3. The molecule has 4 heteroatoms. The van der Waals surface area contributed by atoms with Gasteiger partial charge in [0.2, 0.25) is 5.78 Å². The van der Waals surface area contributed by atoms with Crippen LogP contribution in [0, 0.1) is 13.8 Å². The van der Waals surface area contributed by atoms with Crippen LogP contribution in [0.3, 0.4) is 0 Å². The first kappa shape index (κ1) is 13.5. The van der Waals surface area contributed by atoms with Crippen LogP contribution in [0.5, 0.6) is 0 Å². The van der Waals surface area contributed by atoms with Gasteiger partial charge in [-0.1, -0.05) is 47.5 Å². The first-order valence-electron chi connectivity index (χ1n) is 6.84. The van der Waals surface area contributed by atoms with Gasteiger partial charge in [0, 0.05) is 0 Å². The fourth-order valence-corrected chi connectivity index (χ4v) is 2.35. The standard InChI is InChI=1S/C17H16N2O2/c1-11-3-7-13(8-4-11)15-16(20)17(21)19(18-15)14-9-5-12(2)6-10-14/h3-10,15,18H,1-2H3. The van der Waals surface area contributed by atoms with Crippen molar-refractivity contribution < 1.29 is 9.59 Å². The Labute approximate surface area is 123 Å². The highest BCUT2D eigenvalue weighted by atomic mass is 16.2. The van der Waals surface area contributed by atoms with Gasteiger partial charge in [0.1, 0.15) is 6.04 Å². The van der Waals surface area contributed by atoms with Gasteiger partial charge in [-0.05, 0) is 31.5 Å². The SMILES string of the molecule is Cc1ccc(C2NN(c3ccc(C)cc3)C(=O)C2=O)cc1. The smallest absolute Gasteiger partial charge is 0.286 e. The molecule has 0 radical (unpaired) electrons. The Morgan fingerprint density at radius 3 is 1.95 bits per heavy atom. The van der Waals surface area contributed by atoms with Crippen LogP contribution in [0.2, 0.25) is 0 Å². The molecule has 3 rings (SSSR count). The molecule has 1 heterocycles. The zero-order valence-electron chi connectivity index (χ0n) is 12.0. The minimum Gasteiger partial charge on any atom is -0.286 e. The first-order chi connectivity index (χ1) is 10.1. The summed E-state index contributed by atoms with van der Waals surface area (Å²) in [5.41, 5.74) is 6.69. The number of ketones is 1. The predicted molar refractivity (Wildman–Crippen MR) is 80.7 cm³/mol. The zero-order chi connectivity index (χ0) is 15.0. The van der Waals surface area contributed by atoms with Crippen LogP contribution in [0.1, 0.15) is 22.7 Å². The van der Waals surface area contributed by atoms with Gasteiger partial charge in [-0.25, -0.2) is 10.4 Å². The highest BCUT2D eigenvalue weighted by Crippen LogP contribution is 2.25. The number of nitrogens with zero attached hydrogens (tertiary/aromatic N) is 1. The third-order valence-corrected chi connectivity index (χ3v) is 3.64. The van der Waals surface area contributed by atoms with Gasteiger partial charge in [-0.2, -0.15) is 0 Å². The zero-order valence-corrected chi connectivity index (χ0v) is 12.0. The van der Waals surface area contributed by atoms with E-state index < -0.39 is 17.7 Å². The van der Waals surface area contributed by atoms with Crippen molar-refractivity contribution in [1.29, 1.82) is 0 Å². The normalized spacial score (nSPS) is 18.4. The van der Waals surface area contributed by atoms with Crippen LogP contribution in [-0.4, -0.2) is 11.7 Å². The van der Waals surface area contributed by atoms with Gasteiger partial charge in [0.05, 0.1) is 5.69 Å². The number of nitrogens with one attached hydrogen (secondary N) is 1. The number of anilines is 1. The van der Waals surface area contributed by atoms with Crippen molar-refractivity contribution in [3.63, 3.8) is 0 Å². The fraction of sp³-hybridized carbons (Fsp3) is 0.176. The number of amides is 1. The Morgan fingerprint density at radius 1 is 0.857 bits per heavy atom. The van der Waals surface area contributed by atoms with Crippen molar-refractivity contribution in [1.82, 2.24) is 5.43 Å². The second-order valence-electron chi connectivity index (χ2n) is 5.31. The first-order valence-corrected chi connectivity index (χ1v) is 6.84. The quantitative estimate of drug-likeness (QED) is 0.860. The van der Waals surface area contributed by atoms with E-state index in [0.717, 1.165) is 16.7 Å². The molecule has 0 saturated carbocycles. The molecule has 106 valence electrons. The van der Waals surface area contributed by atoms with E-state index in [9.17, 15) is 9.59 Å². The van der Waals surface area contributed by atoms with Gasteiger partial charge < -0.3 is 0 Å². The summed E-state index contributed by atoms with van der Waals surface area (Å²) in [5, 5.41) is 1.33. The molecular formula is C17H16N2O2. The molecule has 1 saturated heterocycles. The molecule has 1 fully saturated rings. The molecule has 1 atom stereocenters. The van der Waals surface area contributed by atoms with E-state index in [2.05, 4.69) is 5.43 Å². The van der Waals surface area contributed by atoms with Crippen LogP contribution in [-0.2, 0) is 9.59 Å². The van der Waals surface area contributed by atoms with Crippen LogP contribution in [0.15, 0.2) is 48.5 Å². The molecule has 21 heavy (non-hydrogen) atoms. The minimum atomic E-state index is -0.612. The van der Waals surface area contributed by atoms with Crippen LogP contribution < -0.4 is 10.4 Å². The molecule has 0 aromatic heterocycles. The molecule has 4 nitrogen and oxygen atoms in total. The lowest BCUT2D eigenvalue weighted by Gasteiger charge is -2.17. The molecular weight excluding hydrogens is 264 g/mol. The van der Waals surface area contributed by atoms with Crippen molar-refractivity contribution >= 4 is 17.4 Å². The molecule has 1 unspecified atom stereocenters. The summed E-state index contributed by atoms with van der Waals surface area (Å²) in [4.78, 5) is 24.3. The van der Waals surface area contributed by atoms with Crippen molar-refractivity contribution in [2.75, 3.05) is 5.01 Å². The second-order valence-corrected chi connectivity index (χ2v) is 5.31. The molecule has 0 spiro atoms. The maximum Gasteiger partial charge on any atom is 0.310 e. The number of carbonyl (C=O) groups is 2. The number of hydrogen-bond donors (Lipinski definition) is 1. The lowest BCUT2D eigenvalue weighted by Crippen LogP contribution is -2.35. The lowest BCUT2D eigenvalue weighted by molar-refractivity contribution is -0.134. The van der Waals surface area contributed by atoms with E-state index in [0.29, 0.717) is 5.69 Å². The summed E-state index contributed by atoms with van der Waals surface area (Å²) in [5.74, 6) is -0.955. The van der Waals surface area contributed by atoms with E-state index in [1.807, 2.05) is 62.4 Å². The van der Waals surface area contributed by atoms with Gasteiger partial charge in [0.25, 0.3) is 0 Å². The highest BCUT2D eigenvalue weighted by Gasteiger charge is 2.40. The summed E-state index contributed by atoms with van der Waals surface area (Å²) in [6.45, 7) is 3.96. The number of aryl methyl sites for hydroxylation is 2. The molecule has 1 N–H and O–H groups in total. The summed E-state index contributed by atoms with van der Waals surface area (Å²) in [7, 11) is 0. The fourth-order valence-electron chi connectivity index (χ4n) is 2.35. The van der Waals surface area contributed by atoms with Crippen molar-refractivity contribution in [3.05, 3.63) is 65.2 Å². The Kier molecular flexibility index (Phi) is 3.31. The lowest BCUT2D eigenvalue weighted by atomic mass is 10.0. The van der Waals surface area contributed by atoms with E-state index in [-0.39, 0.29) is 0 Å². The molecule has 2 aromatic carbocycles. The largest absolute Gasteiger partial charge is 0.310 e. The maximum atomic E-state index is 12.2. The number of hydrazine groups is 1. The summed E-state index contributed by atoms with van der Waals surface area (Å²) < 4.78 is 0. The Balaban J connectivity index is 1.90. The number of Topliss-reactive ketones (excluding diaryl/α,β-unsaturated/α-hetero) is 1. The van der Waals surface area contributed by atoms with E-state index in [4.69, 9.17) is 0 Å². The van der Waals surface area contributed by atoms with Gasteiger partial charge in [-0.15, -0.1) is 0 Å². The number of carbonyl (C=O) groups excluding carboxylic acids is 2. The predicted octanol–water partition coefficient (Wildman–Crippen LogP) is 2.47. The molecule has 0 aliphatic carbocycles. The highest BCUT2D eigenvalue weighted by molar-refractivity contribution is 6.45. The summed E-state index contributed by atoms with van der Waals surface area (Å²) in [6, 6.07) is 14.5. The van der Waals surface area contributed by atoms with Gasteiger partial charge in [-0.3, -0.25) is 9.59 Å².